The van der Waals surface area contributed by atoms with Crippen molar-refractivity contribution in [2.45, 2.75) is 16.7 Å². The molecule has 0 aliphatic heterocycles. The highest BCUT2D eigenvalue weighted by atomic mass is 35.5. The molecule has 0 aliphatic rings. The highest BCUT2D eigenvalue weighted by Crippen LogP contribution is 2.36. The highest BCUT2D eigenvalue weighted by Gasteiger charge is 2.35. The molecule has 1 aromatic carbocycles. The first kappa shape index (κ1) is 15.6. The SMILES string of the molecule is CCOc1ccccc1C(Cl)S(=O)(=O)c1cccc[n+]1[O-]. The molecule has 1 unspecified atom stereocenters. The Morgan fingerprint density at radius 3 is 2.57 bits per heavy atom. The van der Waals surface area contributed by atoms with Gasteiger partial charge in [-0.15, -0.1) is 0 Å². The van der Waals surface area contributed by atoms with Crippen molar-refractivity contribution in [3.8, 4) is 5.75 Å². The van der Waals surface area contributed by atoms with E-state index in [0.717, 1.165) is 6.20 Å². The molecule has 112 valence electrons. The molecule has 0 fully saturated rings. The Hall–Kier alpha value is -1.79. The second-order valence-corrected chi connectivity index (χ2v) is 6.87. The van der Waals surface area contributed by atoms with Crippen molar-refractivity contribution in [2.75, 3.05) is 6.61 Å². The standard InChI is InChI=1S/C14H14ClNO4S/c1-2-20-12-8-4-3-7-11(12)14(15)21(18,19)13-9-5-6-10-16(13)17/h3-10,14H,2H2,1H3. The van der Waals surface area contributed by atoms with Gasteiger partial charge in [-0.2, -0.15) is 4.73 Å². The van der Waals surface area contributed by atoms with Crippen LogP contribution in [0.15, 0.2) is 53.7 Å². The fourth-order valence-corrected chi connectivity index (χ4v) is 3.64. The van der Waals surface area contributed by atoms with Gasteiger partial charge in [-0.25, -0.2) is 8.42 Å². The average molecular weight is 328 g/mol. The maximum Gasteiger partial charge on any atom is 0.310 e. The fourth-order valence-electron chi connectivity index (χ4n) is 1.86. The highest BCUT2D eigenvalue weighted by molar-refractivity contribution is 7.92. The second kappa shape index (κ2) is 6.32. The summed E-state index contributed by atoms with van der Waals surface area (Å²) in [6.07, 6.45) is 1.12. The number of benzene rings is 1. The Bertz CT molecular complexity index is 733. The lowest BCUT2D eigenvalue weighted by molar-refractivity contribution is -0.646. The van der Waals surface area contributed by atoms with E-state index in [1.54, 1.807) is 31.2 Å². The summed E-state index contributed by atoms with van der Waals surface area (Å²) in [5.41, 5.74) is 0.310. The Morgan fingerprint density at radius 1 is 1.24 bits per heavy atom. The molecule has 1 atom stereocenters. The topological polar surface area (TPSA) is 70.3 Å². The Labute approximate surface area is 128 Å². The van der Waals surface area contributed by atoms with Crippen molar-refractivity contribution in [1.82, 2.24) is 0 Å². The molecule has 21 heavy (non-hydrogen) atoms. The van der Waals surface area contributed by atoms with E-state index < -0.39 is 19.6 Å². The van der Waals surface area contributed by atoms with E-state index in [9.17, 15) is 13.6 Å². The lowest BCUT2D eigenvalue weighted by Gasteiger charge is -2.15. The van der Waals surface area contributed by atoms with E-state index in [0.29, 0.717) is 17.9 Å². The third kappa shape index (κ3) is 3.11. The van der Waals surface area contributed by atoms with Gasteiger partial charge in [-0.1, -0.05) is 29.8 Å². The largest absolute Gasteiger partial charge is 0.618 e. The molecular weight excluding hydrogens is 314 g/mol. The van der Waals surface area contributed by atoms with Crippen LogP contribution in [0.25, 0.3) is 0 Å². The summed E-state index contributed by atoms with van der Waals surface area (Å²) in [4.78, 5) is 0. The monoisotopic (exact) mass is 327 g/mol. The predicted molar refractivity (Wildman–Crippen MR) is 78.8 cm³/mol. The lowest BCUT2D eigenvalue weighted by atomic mass is 10.2. The van der Waals surface area contributed by atoms with Crippen molar-refractivity contribution in [2.24, 2.45) is 0 Å². The molecule has 0 saturated carbocycles. The molecule has 1 heterocycles. The second-order valence-electron chi connectivity index (χ2n) is 4.20. The first-order valence-corrected chi connectivity index (χ1v) is 8.24. The van der Waals surface area contributed by atoms with E-state index in [1.165, 1.54) is 18.2 Å². The van der Waals surface area contributed by atoms with Gasteiger partial charge in [0, 0.05) is 17.7 Å². The van der Waals surface area contributed by atoms with Gasteiger partial charge in [0.1, 0.15) is 5.75 Å². The normalized spacial score (nSPS) is 12.9. The van der Waals surface area contributed by atoms with Crippen LogP contribution in [0.5, 0.6) is 5.75 Å². The molecule has 1 aromatic heterocycles. The van der Waals surface area contributed by atoms with Gasteiger partial charge in [-0.3, -0.25) is 0 Å². The summed E-state index contributed by atoms with van der Waals surface area (Å²) < 4.78 is 29.3. The average Bonchev–Trinajstić information content (AvgIpc) is 2.47. The van der Waals surface area contributed by atoms with Crippen LogP contribution in [0, 0.1) is 5.21 Å². The number of ether oxygens (including phenoxy) is 1. The maximum atomic E-state index is 12.5. The lowest BCUT2D eigenvalue weighted by Crippen LogP contribution is -2.34. The Morgan fingerprint density at radius 2 is 1.90 bits per heavy atom. The smallest absolute Gasteiger partial charge is 0.310 e. The van der Waals surface area contributed by atoms with Crippen LogP contribution < -0.4 is 9.47 Å². The number of hydrogen-bond donors (Lipinski definition) is 0. The van der Waals surface area contributed by atoms with Gasteiger partial charge < -0.3 is 9.94 Å². The summed E-state index contributed by atoms with van der Waals surface area (Å²) in [5, 5.41) is 11.3. The zero-order chi connectivity index (χ0) is 15.5. The van der Waals surface area contributed by atoms with Crippen LogP contribution in [0.3, 0.4) is 0 Å². The number of alkyl halides is 1. The van der Waals surface area contributed by atoms with Crippen LogP contribution in [-0.2, 0) is 9.84 Å². The molecule has 0 aliphatic carbocycles. The first-order valence-electron chi connectivity index (χ1n) is 6.26. The van der Waals surface area contributed by atoms with E-state index in [2.05, 4.69) is 0 Å². The van der Waals surface area contributed by atoms with Gasteiger partial charge in [0.15, 0.2) is 10.9 Å². The molecule has 0 spiro atoms. The quantitative estimate of drug-likeness (QED) is 0.480. The van der Waals surface area contributed by atoms with Crippen molar-refractivity contribution < 1.29 is 17.9 Å². The zero-order valence-corrected chi connectivity index (χ0v) is 12.8. The number of halogens is 1. The van der Waals surface area contributed by atoms with E-state index in [-0.39, 0.29) is 4.73 Å². The van der Waals surface area contributed by atoms with E-state index in [1.807, 2.05) is 0 Å². The van der Waals surface area contributed by atoms with Crippen LogP contribution in [0.2, 0.25) is 0 Å². The Kier molecular flexibility index (Phi) is 4.69. The Balaban J connectivity index is 2.49. The van der Waals surface area contributed by atoms with Crippen LogP contribution >= 0.6 is 11.6 Å². The van der Waals surface area contributed by atoms with E-state index >= 15 is 0 Å². The van der Waals surface area contributed by atoms with Gasteiger partial charge in [-0.05, 0) is 19.1 Å². The van der Waals surface area contributed by atoms with Crippen molar-refractivity contribution in [1.29, 1.82) is 0 Å². The predicted octanol–water partition coefficient (Wildman–Crippen LogP) is 2.43. The minimum atomic E-state index is -4.03. The fraction of sp³-hybridized carbons (Fsp3) is 0.214. The molecule has 0 bridgehead atoms. The van der Waals surface area contributed by atoms with Crippen LogP contribution in [-0.4, -0.2) is 15.0 Å². The molecule has 0 N–H and O–H groups in total. The molecule has 0 saturated heterocycles. The van der Waals surface area contributed by atoms with Crippen LogP contribution in [0.4, 0.5) is 0 Å². The summed E-state index contributed by atoms with van der Waals surface area (Å²) >= 11 is 6.13. The molecule has 7 heteroatoms. The van der Waals surface area contributed by atoms with Crippen molar-refractivity contribution >= 4 is 21.4 Å². The molecule has 2 rings (SSSR count). The van der Waals surface area contributed by atoms with E-state index in [4.69, 9.17) is 16.3 Å². The van der Waals surface area contributed by atoms with Gasteiger partial charge >= 0.3 is 5.03 Å². The van der Waals surface area contributed by atoms with Crippen molar-refractivity contribution in [3.05, 3.63) is 59.4 Å². The number of sulfone groups is 1. The summed E-state index contributed by atoms with van der Waals surface area (Å²) in [5.74, 6) is 0.386. The van der Waals surface area contributed by atoms with Gasteiger partial charge in [0.2, 0.25) is 0 Å². The molecule has 5 nitrogen and oxygen atoms in total. The summed E-state index contributed by atoms with van der Waals surface area (Å²) in [7, 11) is -4.03. The molecule has 0 radical (unpaired) electrons. The van der Waals surface area contributed by atoms with Crippen molar-refractivity contribution in [3.63, 3.8) is 0 Å². The summed E-state index contributed by atoms with van der Waals surface area (Å²) in [6, 6.07) is 10.7. The number of rotatable bonds is 5. The summed E-state index contributed by atoms with van der Waals surface area (Å²) in [6.45, 7) is 2.17. The number of pyridine rings is 1. The minimum Gasteiger partial charge on any atom is -0.618 e. The first-order chi connectivity index (χ1) is 9.98. The van der Waals surface area contributed by atoms with Gasteiger partial charge in [0.25, 0.3) is 9.84 Å². The minimum absolute atomic E-state index is 0.286. The number of hydrogen-bond acceptors (Lipinski definition) is 4. The maximum absolute atomic E-state index is 12.5. The molecule has 0 amide bonds. The van der Waals surface area contributed by atoms with Crippen LogP contribution in [0.1, 0.15) is 17.2 Å². The number of nitrogens with zero attached hydrogens (tertiary/aromatic N) is 1. The molecular formula is C14H14ClNO4S. The van der Waals surface area contributed by atoms with Gasteiger partial charge in [0.05, 0.1) is 6.61 Å². The third-order valence-corrected chi connectivity index (χ3v) is 5.45. The molecule has 2 aromatic rings. The zero-order valence-electron chi connectivity index (χ0n) is 11.3. The third-order valence-electron chi connectivity index (χ3n) is 2.82. The number of para-hydroxylation sites is 1. The number of aromatic nitrogens is 1.